The van der Waals surface area contributed by atoms with E-state index < -0.39 is 6.16 Å². The average Bonchev–Trinajstić information content (AvgIpc) is 2.39. The van der Waals surface area contributed by atoms with E-state index in [0.29, 0.717) is 11.3 Å². The molecule has 0 bridgehead atoms. The van der Waals surface area contributed by atoms with Crippen LogP contribution in [0.3, 0.4) is 0 Å². The summed E-state index contributed by atoms with van der Waals surface area (Å²) in [7, 11) is 0. The molecule has 0 aliphatic carbocycles. The van der Waals surface area contributed by atoms with Crippen LogP contribution in [0.25, 0.3) is 0 Å². The van der Waals surface area contributed by atoms with E-state index in [9.17, 15) is 9.18 Å². The normalized spacial score (nSPS) is 9.83. The minimum absolute atomic E-state index is 0.0476. The molecule has 0 N–H and O–H groups in total. The van der Waals surface area contributed by atoms with E-state index in [0.717, 1.165) is 0 Å². The molecule has 0 aliphatic heterocycles. The number of para-hydroxylation sites is 1. The lowest BCUT2D eigenvalue weighted by Crippen LogP contribution is -2.10. The van der Waals surface area contributed by atoms with Gasteiger partial charge in [0.2, 0.25) is 0 Å². The molecule has 0 aromatic heterocycles. The van der Waals surface area contributed by atoms with Gasteiger partial charge in [0.1, 0.15) is 18.2 Å². The van der Waals surface area contributed by atoms with Gasteiger partial charge >= 0.3 is 6.16 Å². The Morgan fingerprint density at radius 3 is 2.33 bits per heavy atom. The molecule has 0 atom stereocenters. The Labute approximate surface area is 104 Å². The largest absolute Gasteiger partial charge is 0.514 e. The second kappa shape index (κ2) is 5.82. The van der Waals surface area contributed by atoms with E-state index in [1.54, 1.807) is 36.4 Å². The van der Waals surface area contributed by atoms with Gasteiger partial charge in [-0.3, -0.25) is 0 Å². The fourth-order valence-corrected chi connectivity index (χ4v) is 1.34. The highest BCUT2D eigenvalue weighted by molar-refractivity contribution is 5.63. The molecule has 0 spiro atoms. The third-order valence-corrected chi connectivity index (χ3v) is 2.21. The maximum Gasteiger partial charge on any atom is 0.514 e. The second-order valence-electron chi connectivity index (χ2n) is 3.58. The molecule has 92 valence electrons. The minimum Gasteiger partial charge on any atom is -0.429 e. The lowest BCUT2D eigenvalue weighted by atomic mass is 10.2. The Kier molecular flexibility index (Phi) is 3.91. The van der Waals surface area contributed by atoms with Crippen LogP contribution in [-0.4, -0.2) is 6.16 Å². The molecule has 0 unspecified atom stereocenters. The van der Waals surface area contributed by atoms with E-state index in [4.69, 9.17) is 9.47 Å². The summed E-state index contributed by atoms with van der Waals surface area (Å²) in [5, 5.41) is 0. The summed E-state index contributed by atoms with van der Waals surface area (Å²) in [5.41, 5.74) is 0.696. The Hall–Kier alpha value is -2.36. The van der Waals surface area contributed by atoms with Crippen molar-refractivity contribution in [1.82, 2.24) is 0 Å². The average molecular weight is 246 g/mol. The second-order valence-corrected chi connectivity index (χ2v) is 3.58. The maximum absolute atomic E-state index is 12.6. The molecule has 18 heavy (non-hydrogen) atoms. The number of hydrogen-bond donors (Lipinski definition) is 0. The quantitative estimate of drug-likeness (QED) is 0.613. The van der Waals surface area contributed by atoms with Crippen molar-refractivity contribution in [3.05, 3.63) is 66.0 Å². The first kappa shape index (κ1) is 12.1. The predicted octanol–water partition coefficient (Wildman–Crippen LogP) is 3.54. The van der Waals surface area contributed by atoms with E-state index in [1.807, 2.05) is 6.07 Å². The fourth-order valence-electron chi connectivity index (χ4n) is 1.34. The molecule has 0 amide bonds. The Morgan fingerprint density at radius 2 is 1.67 bits per heavy atom. The predicted molar refractivity (Wildman–Crippen MR) is 63.7 cm³/mol. The number of hydrogen-bond acceptors (Lipinski definition) is 3. The van der Waals surface area contributed by atoms with E-state index in [-0.39, 0.29) is 12.4 Å². The summed E-state index contributed by atoms with van der Waals surface area (Å²) < 4.78 is 22.5. The van der Waals surface area contributed by atoms with Crippen LogP contribution in [0, 0.1) is 5.82 Å². The van der Waals surface area contributed by atoms with E-state index in [2.05, 4.69) is 0 Å². The summed E-state index contributed by atoms with van der Waals surface area (Å²) >= 11 is 0. The van der Waals surface area contributed by atoms with Gasteiger partial charge in [-0.1, -0.05) is 30.3 Å². The number of halogens is 1. The first-order chi connectivity index (χ1) is 8.74. The Bertz CT molecular complexity index is 508. The van der Waals surface area contributed by atoms with Crippen molar-refractivity contribution >= 4 is 6.16 Å². The smallest absolute Gasteiger partial charge is 0.429 e. The zero-order valence-electron chi connectivity index (χ0n) is 9.51. The SMILES string of the molecule is O=C(OCc1ccc(F)cc1)Oc1ccccc1. The van der Waals surface area contributed by atoms with Gasteiger partial charge in [0, 0.05) is 0 Å². The monoisotopic (exact) mass is 246 g/mol. The summed E-state index contributed by atoms with van der Waals surface area (Å²) in [5.74, 6) is 0.0900. The number of carbonyl (C=O) groups excluding carboxylic acids is 1. The van der Waals surface area contributed by atoms with Gasteiger partial charge in [-0.15, -0.1) is 0 Å². The summed E-state index contributed by atoms with van der Waals surface area (Å²) in [6.07, 6.45) is -0.787. The molecule has 0 saturated heterocycles. The van der Waals surface area contributed by atoms with Gasteiger partial charge in [-0.2, -0.15) is 0 Å². The third kappa shape index (κ3) is 3.59. The molecular formula is C14H11FO3. The van der Waals surface area contributed by atoms with Gasteiger partial charge < -0.3 is 9.47 Å². The Balaban J connectivity index is 1.83. The van der Waals surface area contributed by atoms with Crippen molar-refractivity contribution in [3.63, 3.8) is 0 Å². The highest BCUT2D eigenvalue weighted by Crippen LogP contribution is 2.10. The van der Waals surface area contributed by atoms with Crippen LogP contribution in [0.15, 0.2) is 54.6 Å². The zero-order valence-corrected chi connectivity index (χ0v) is 9.51. The number of ether oxygens (including phenoxy) is 2. The van der Waals surface area contributed by atoms with Crippen molar-refractivity contribution in [1.29, 1.82) is 0 Å². The van der Waals surface area contributed by atoms with Crippen LogP contribution in [0.2, 0.25) is 0 Å². The maximum atomic E-state index is 12.6. The van der Waals surface area contributed by atoms with Crippen LogP contribution in [0.1, 0.15) is 5.56 Å². The third-order valence-electron chi connectivity index (χ3n) is 2.21. The van der Waals surface area contributed by atoms with E-state index >= 15 is 0 Å². The zero-order chi connectivity index (χ0) is 12.8. The lowest BCUT2D eigenvalue weighted by Gasteiger charge is -2.05. The van der Waals surface area contributed by atoms with Crippen LogP contribution >= 0.6 is 0 Å². The standard InChI is InChI=1S/C14H11FO3/c15-12-8-6-11(7-9-12)10-17-14(16)18-13-4-2-1-3-5-13/h1-9H,10H2. The Morgan fingerprint density at radius 1 is 1.00 bits per heavy atom. The first-order valence-electron chi connectivity index (χ1n) is 5.38. The summed E-state index contributed by atoms with van der Waals surface area (Å²) in [6, 6.07) is 14.3. The first-order valence-corrected chi connectivity index (χ1v) is 5.38. The topological polar surface area (TPSA) is 35.5 Å². The van der Waals surface area contributed by atoms with Crippen molar-refractivity contribution in [2.75, 3.05) is 0 Å². The molecule has 3 nitrogen and oxygen atoms in total. The van der Waals surface area contributed by atoms with Crippen molar-refractivity contribution in [2.45, 2.75) is 6.61 Å². The molecule has 0 radical (unpaired) electrons. The lowest BCUT2D eigenvalue weighted by molar-refractivity contribution is 0.0927. The number of benzene rings is 2. The van der Waals surface area contributed by atoms with Gasteiger partial charge in [-0.25, -0.2) is 9.18 Å². The minimum atomic E-state index is -0.787. The van der Waals surface area contributed by atoms with Gasteiger partial charge in [-0.05, 0) is 29.8 Å². The molecule has 0 fully saturated rings. The molecular weight excluding hydrogens is 235 g/mol. The molecule has 4 heteroatoms. The van der Waals surface area contributed by atoms with Crippen LogP contribution in [0.5, 0.6) is 5.75 Å². The van der Waals surface area contributed by atoms with Crippen molar-refractivity contribution in [2.24, 2.45) is 0 Å². The molecule has 2 aromatic carbocycles. The van der Waals surface area contributed by atoms with Gasteiger partial charge in [0.25, 0.3) is 0 Å². The van der Waals surface area contributed by atoms with Gasteiger partial charge in [0.05, 0.1) is 0 Å². The van der Waals surface area contributed by atoms with E-state index in [1.165, 1.54) is 12.1 Å². The molecule has 2 aromatic rings. The molecule has 0 heterocycles. The highest BCUT2D eigenvalue weighted by atomic mass is 19.1. The summed E-state index contributed by atoms with van der Waals surface area (Å²) in [6.45, 7) is 0.0476. The number of rotatable bonds is 3. The fraction of sp³-hybridized carbons (Fsp3) is 0.0714. The van der Waals surface area contributed by atoms with Crippen LogP contribution < -0.4 is 4.74 Å². The summed E-state index contributed by atoms with van der Waals surface area (Å²) in [4.78, 5) is 11.3. The van der Waals surface area contributed by atoms with Crippen LogP contribution in [-0.2, 0) is 11.3 Å². The molecule has 0 aliphatic rings. The van der Waals surface area contributed by atoms with Crippen molar-refractivity contribution < 1.29 is 18.7 Å². The van der Waals surface area contributed by atoms with Crippen LogP contribution in [0.4, 0.5) is 9.18 Å². The number of carbonyl (C=O) groups is 1. The molecule has 0 saturated carbocycles. The van der Waals surface area contributed by atoms with Crippen molar-refractivity contribution in [3.8, 4) is 5.75 Å². The molecule has 2 rings (SSSR count). The highest BCUT2D eigenvalue weighted by Gasteiger charge is 2.05. The van der Waals surface area contributed by atoms with Gasteiger partial charge in [0.15, 0.2) is 0 Å².